The number of fused-ring (bicyclic) bond motifs is 2. The lowest BCUT2D eigenvalue weighted by Gasteiger charge is -2.20. The summed E-state index contributed by atoms with van der Waals surface area (Å²) in [6.07, 6.45) is 2.61. The van der Waals surface area contributed by atoms with Crippen molar-refractivity contribution in [2.75, 3.05) is 0 Å². The van der Waals surface area contributed by atoms with Gasteiger partial charge in [-0.25, -0.2) is 4.98 Å². The Bertz CT molecular complexity index is 709. The molecule has 0 radical (unpaired) electrons. The zero-order chi connectivity index (χ0) is 12.1. The summed E-state index contributed by atoms with van der Waals surface area (Å²) in [4.78, 5) is 8.32. The molecule has 4 heterocycles. The molecule has 7 nitrogen and oxygen atoms in total. The second-order valence-corrected chi connectivity index (χ2v) is 5.33. The molecule has 3 aromatic heterocycles. The van der Waals surface area contributed by atoms with Crippen LogP contribution in [0.2, 0.25) is 0 Å². The van der Waals surface area contributed by atoms with E-state index in [1.165, 1.54) is 5.69 Å². The minimum absolute atomic E-state index is 0.215. The smallest absolute Gasteiger partial charge is 0.234 e. The van der Waals surface area contributed by atoms with E-state index in [1.54, 1.807) is 22.2 Å². The van der Waals surface area contributed by atoms with Gasteiger partial charge >= 0.3 is 0 Å². The largest absolute Gasteiger partial charge is 0.347 e. The van der Waals surface area contributed by atoms with Crippen LogP contribution in [-0.4, -0.2) is 29.8 Å². The van der Waals surface area contributed by atoms with E-state index in [0.29, 0.717) is 0 Å². The van der Waals surface area contributed by atoms with E-state index in [-0.39, 0.29) is 6.04 Å². The molecule has 92 valence electrons. The molecule has 1 unspecified atom stereocenters. The van der Waals surface area contributed by atoms with E-state index in [2.05, 4.69) is 30.6 Å². The number of aromatic amines is 1. The molecule has 8 heteroatoms. The van der Waals surface area contributed by atoms with Gasteiger partial charge in [-0.1, -0.05) is 11.3 Å². The second-order valence-electron chi connectivity index (χ2n) is 4.35. The molecule has 0 saturated carbocycles. The van der Waals surface area contributed by atoms with Crippen molar-refractivity contribution in [3.63, 3.8) is 0 Å². The topological polar surface area (TPSA) is 83.8 Å². The van der Waals surface area contributed by atoms with Crippen molar-refractivity contribution in [1.82, 2.24) is 35.1 Å². The van der Waals surface area contributed by atoms with Gasteiger partial charge in [-0.2, -0.15) is 9.61 Å². The van der Waals surface area contributed by atoms with Gasteiger partial charge in [-0.3, -0.25) is 0 Å². The van der Waals surface area contributed by atoms with Crippen molar-refractivity contribution >= 4 is 16.3 Å². The standard InChI is InChI=1S/C10H11N7S/c1-5-14-15-10-17(5)16-9(18-10)7-2-6-8(3-11-7)13-4-12-6/h4,7,11H,2-3H2,1H3,(H,12,13). The summed E-state index contributed by atoms with van der Waals surface area (Å²) in [5, 5.41) is 17.1. The lowest BCUT2D eigenvalue weighted by Crippen LogP contribution is -2.28. The molecule has 0 bridgehead atoms. The van der Waals surface area contributed by atoms with E-state index < -0.39 is 0 Å². The van der Waals surface area contributed by atoms with Crippen molar-refractivity contribution in [1.29, 1.82) is 0 Å². The zero-order valence-electron chi connectivity index (χ0n) is 9.71. The van der Waals surface area contributed by atoms with Crippen molar-refractivity contribution in [2.45, 2.75) is 25.9 Å². The average molecular weight is 261 g/mol. The molecular weight excluding hydrogens is 250 g/mol. The third-order valence-corrected chi connectivity index (χ3v) is 4.20. The lowest BCUT2D eigenvalue weighted by molar-refractivity contribution is 0.482. The van der Waals surface area contributed by atoms with Crippen LogP contribution in [0.1, 0.15) is 28.3 Å². The number of imidazole rings is 1. The molecule has 0 spiro atoms. The Labute approximate surface area is 106 Å². The fourth-order valence-electron chi connectivity index (χ4n) is 2.21. The van der Waals surface area contributed by atoms with E-state index in [4.69, 9.17) is 0 Å². The minimum Gasteiger partial charge on any atom is -0.347 e. The summed E-state index contributed by atoms with van der Waals surface area (Å²) in [6.45, 7) is 2.71. The minimum atomic E-state index is 0.215. The molecule has 1 aliphatic rings. The number of aryl methyl sites for hydroxylation is 1. The van der Waals surface area contributed by atoms with Crippen molar-refractivity contribution in [3.8, 4) is 0 Å². The summed E-state index contributed by atoms with van der Waals surface area (Å²) < 4.78 is 1.79. The van der Waals surface area contributed by atoms with Gasteiger partial charge < -0.3 is 10.3 Å². The first-order valence-electron chi connectivity index (χ1n) is 5.74. The number of H-pyrrole nitrogens is 1. The van der Waals surface area contributed by atoms with E-state index in [1.807, 2.05) is 6.92 Å². The van der Waals surface area contributed by atoms with Crippen LogP contribution in [0, 0.1) is 6.92 Å². The second kappa shape index (κ2) is 3.59. The van der Waals surface area contributed by atoms with E-state index in [9.17, 15) is 0 Å². The van der Waals surface area contributed by atoms with Crippen molar-refractivity contribution in [2.24, 2.45) is 0 Å². The van der Waals surface area contributed by atoms with Crippen LogP contribution in [0.25, 0.3) is 4.96 Å². The van der Waals surface area contributed by atoms with Crippen LogP contribution in [0.3, 0.4) is 0 Å². The highest BCUT2D eigenvalue weighted by Gasteiger charge is 2.24. The lowest BCUT2D eigenvalue weighted by atomic mass is 10.1. The first-order valence-corrected chi connectivity index (χ1v) is 6.56. The first-order chi connectivity index (χ1) is 8.81. The highest BCUT2D eigenvalue weighted by atomic mass is 32.1. The summed E-state index contributed by atoms with van der Waals surface area (Å²) in [5.41, 5.74) is 2.30. The van der Waals surface area contributed by atoms with Crippen LogP contribution in [0.4, 0.5) is 0 Å². The third-order valence-electron chi connectivity index (χ3n) is 3.19. The molecule has 1 aliphatic heterocycles. The van der Waals surface area contributed by atoms with Gasteiger partial charge in [-0.15, -0.1) is 10.2 Å². The van der Waals surface area contributed by atoms with Gasteiger partial charge in [0.15, 0.2) is 5.82 Å². The number of hydrogen-bond acceptors (Lipinski definition) is 6. The third kappa shape index (κ3) is 1.39. The van der Waals surface area contributed by atoms with Gasteiger partial charge in [0, 0.05) is 13.0 Å². The maximum absolute atomic E-state index is 4.56. The Morgan fingerprint density at radius 3 is 3.28 bits per heavy atom. The van der Waals surface area contributed by atoms with Crippen molar-refractivity contribution in [3.05, 3.63) is 28.5 Å². The maximum atomic E-state index is 4.56. The average Bonchev–Trinajstić information content (AvgIpc) is 3.05. The van der Waals surface area contributed by atoms with Crippen LogP contribution in [0.5, 0.6) is 0 Å². The molecule has 0 saturated heterocycles. The number of aromatic nitrogens is 6. The number of rotatable bonds is 1. The fraction of sp³-hybridized carbons (Fsp3) is 0.400. The Morgan fingerprint density at radius 1 is 1.44 bits per heavy atom. The van der Waals surface area contributed by atoms with Crippen LogP contribution >= 0.6 is 11.3 Å². The Hall–Kier alpha value is -1.80. The number of nitrogens with one attached hydrogen (secondary N) is 2. The molecule has 0 aromatic carbocycles. The van der Waals surface area contributed by atoms with Gasteiger partial charge in [0.05, 0.1) is 23.8 Å². The molecule has 3 aromatic rings. The monoisotopic (exact) mass is 261 g/mol. The molecule has 2 N–H and O–H groups in total. The van der Waals surface area contributed by atoms with E-state index in [0.717, 1.165) is 34.5 Å². The molecule has 1 atom stereocenters. The van der Waals surface area contributed by atoms with Gasteiger partial charge in [-0.05, 0) is 6.92 Å². The molecule has 0 fully saturated rings. The number of nitrogens with zero attached hydrogens (tertiary/aromatic N) is 5. The normalized spacial score (nSPS) is 19.3. The van der Waals surface area contributed by atoms with Crippen molar-refractivity contribution < 1.29 is 0 Å². The summed E-state index contributed by atoms with van der Waals surface area (Å²) >= 11 is 1.58. The molecule has 0 amide bonds. The van der Waals surface area contributed by atoms with Gasteiger partial charge in [0.2, 0.25) is 4.96 Å². The SMILES string of the molecule is Cc1nnc2sc(C3Cc4nc[nH]c4CN3)nn12. The maximum Gasteiger partial charge on any atom is 0.234 e. The quantitative estimate of drug-likeness (QED) is 0.670. The first kappa shape index (κ1) is 10.2. The molecular formula is C10H11N7S. The predicted molar refractivity (Wildman–Crippen MR) is 65.3 cm³/mol. The van der Waals surface area contributed by atoms with Crippen LogP contribution in [-0.2, 0) is 13.0 Å². The number of hydrogen-bond donors (Lipinski definition) is 2. The Morgan fingerprint density at radius 2 is 2.39 bits per heavy atom. The van der Waals surface area contributed by atoms with Crippen LogP contribution < -0.4 is 5.32 Å². The molecule has 0 aliphatic carbocycles. The van der Waals surface area contributed by atoms with E-state index >= 15 is 0 Å². The van der Waals surface area contributed by atoms with Gasteiger partial charge in [0.25, 0.3) is 0 Å². The Balaban J connectivity index is 1.71. The summed E-state index contributed by atoms with van der Waals surface area (Å²) in [7, 11) is 0. The van der Waals surface area contributed by atoms with Crippen LogP contribution in [0.15, 0.2) is 6.33 Å². The highest BCUT2D eigenvalue weighted by Crippen LogP contribution is 2.27. The molecule has 4 rings (SSSR count). The van der Waals surface area contributed by atoms with Gasteiger partial charge in [0.1, 0.15) is 5.01 Å². The fourth-order valence-corrected chi connectivity index (χ4v) is 3.17. The Kier molecular flexibility index (Phi) is 2.03. The molecule has 18 heavy (non-hydrogen) atoms. The summed E-state index contributed by atoms with van der Waals surface area (Å²) in [6, 6.07) is 0.215. The predicted octanol–water partition coefficient (Wildman–Crippen LogP) is 0.604. The summed E-state index contributed by atoms with van der Waals surface area (Å²) in [5.74, 6) is 0.823. The highest BCUT2D eigenvalue weighted by molar-refractivity contribution is 7.16. The zero-order valence-corrected chi connectivity index (χ0v) is 10.5.